The minimum absolute atomic E-state index is 0.0951. The number of aromatic nitrogens is 2. The molecule has 1 fully saturated rings. The Bertz CT molecular complexity index is 481. The van der Waals surface area contributed by atoms with E-state index in [1.54, 1.807) is 6.20 Å². The number of aromatic amines is 1. The van der Waals surface area contributed by atoms with Crippen LogP contribution in [0.5, 0.6) is 0 Å². The van der Waals surface area contributed by atoms with Gasteiger partial charge in [-0.1, -0.05) is 19.3 Å². The molecular weight excluding hydrogens is 292 g/mol. The summed E-state index contributed by atoms with van der Waals surface area (Å²) in [5.41, 5.74) is 0.589. The highest BCUT2D eigenvalue weighted by Crippen LogP contribution is 2.21. The van der Waals surface area contributed by atoms with Gasteiger partial charge < -0.3 is 15.4 Å². The molecule has 2 rings (SSSR count). The van der Waals surface area contributed by atoms with E-state index in [0.717, 1.165) is 25.0 Å². The maximum atomic E-state index is 12.1. The predicted octanol–water partition coefficient (Wildman–Crippen LogP) is 3.29. The van der Waals surface area contributed by atoms with Gasteiger partial charge >= 0.3 is 6.09 Å². The van der Waals surface area contributed by atoms with Gasteiger partial charge in [0.05, 0.1) is 5.69 Å². The molecule has 3 N–H and O–H groups in total. The molecule has 1 heterocycles. The molecule has 6 nitrogen and oxygen atoms in total. The quantitative estimate of drug-likeness (QED) is 0.743. The average Bonchev–Trinajstić information content (AvgIpc) is 2.89. The van der Waals surface area contributed by atoms with Gasteiger partial charge in [-0.25, -0.2) is 4.79 Å². The maximum absolute atomic E-state index is 12.1. The van der Waals surface area contributed by atoms with Crippen LogP contribution in [-0.4, -0.2) is 34.0 Å². The smallest absolute Gasteiger partial charge is 0.407 e. The minimum atomic E-state index is -0.471. The van der Waals surface area contributed by atoms with E-state index in [2.05, 4.69) is 27.8 Å². The molecule has 1 amide bonds. The molecule has 1 aromatic heterocycles. The van der Waals surface area contributed by atoms with Gasteiger partial charge in [-0.3, -0.25) is 5.10 Å². The second-order valence-electron chi connectivity index (χ2n) is 7.40. The zero-order valence-corrected chi connectivity index (χ0v) is 14.7. The van der Waals surface area contributed by atoms with E-state index in [4.69, 9.17) is 4.74 Å². The number of rotatable bonds is 4. The number of nitrogens with zero attached hydrogens (tertiary/aromatic N) is 1. The highest BCUT2D eigenvalue weighted by molar-refractivity contribution is 5.68. The van der Waals surface area contributed by atoms with Gasteiger partial charge in [0.25, 0.3) is 0 Å². The first-order valence-corrected chi connectivity index (χ1v) is 8.60. The Morgan fingerprint density at radius 2 is 2.00 bits per heavy atom. The van der Waals surface area contributed by atoms with E-state index in [1.165, 1.54) is 12.8 Å². The van der Waals surface area contributed by atoms with Crippen molar-refractivity contribution in [3.63, 3.8) is 0 Å². The van der Waals surface area contributed by atoms with Crippen LogP contribution in [0.1, 0.15) is 71.5 Å². The highest BCUT2D eigenvalue weighted by Gasteiger charge is 2.28. The van der Waals surface area contributed by atoms with Crippen LogP contribution in [0.25, 0.3) is 0 Å². The number of carbonyl (C=O) groups excluding carboxylic acids is 1. The van der Waals surface area contributed by atoms with Gasteiger partial charge in [-0.05, 0) is 46.6 Å². The molecule has 6 heteroatoms. The van der Waals surface area contributed by atoms with Gasteiger partial charge in [0.15, 0.2) is 0 Å². The third-order valence-electron chi connectivity index (χ3n) is 4.17. The molecule has 0 aromatic carbocycles. The third kappa shape index (κ3) is 5.86. The fourth-order valence-corrected chi connectivity index (χ4v) is 3.06. The summed E-state index contributed by atoms with van der Waals surface area (Å²) in [5, 5.41) is 13.7. The first-order valence-electron chi connectivity index (χ1n) is 8.60. The molecule has 0 aliphatic heterocycles. The molecular formula is C17H30N4O2. The number of alkyl carbamates (subject to hydrolysis) is 1. The molecule has 0 spiro atoms. The van der Waals surface area contributed by atoms with Crippen molar-refractivity contribution in [3.05, 3.63) is 18.0 Å². The van der Waals surface area contributed by atoms with Crippen LogP contribution in [0.15, 0.2) is 12.3 Å². The molecule has 1 aromatic rings. The first kappa shape index (κ1) is 17.8. The van der Waals surface area contributed by atoms with Crippen molar-refractivity contribution in [2.45, 2.75) is 83.5 Å². The summed E-state index contributed by atoms with van der Waals surface area (Å²) in [4.78, 5) is 12.1. The molecule has 1 saturated carbocycles. The summed E-state index contributed by atoms with van der Waals surface area (Å²) in [6.07, 6.45) is 6.99. The van der Waals surface area contributed by atoms with E-state index in [0.29, 0.717) is 0 Å². The van der Waals surface area contributed by atoms with Crippen LogP contribution < -0.4 is 10.6 Å². The van der Waals surface area contributed by atoms with Crippen molar-refractivity contribution in [2.24, 2.45) is 0 Å². The summed E-state index contributed by atoms with van der Waals surface area (Å²) in [7, 11) is 0. The fraction of sp³-hybridized carbons (Fsp3) is 0.765. The van der Waals surface area contributed by atoms with E-state index in [1.807, 2.05) is 26.8 Å². The van der Waals surface area contributed by atoms with Crippen molar-refractivity contribution in [1.29, 1.82) is 0 Å². The summed E-state index contributed by atoms with van der Waals surface area (Å²) in [5.74, 6) is 0. The van der Waals surface area contributed by atoms with Crippen LogP contribution >= 0.6 is 0 Å². The minimum Gasteiger partial charge on any atom is -0.444 e. The van der Waals surface area contributed by atoms with Gasteiger partial charge in [-0.2, -0.15) is 5.10 Å². The van der Waals surface area contributed by atoms with Crippen LogP contribution in [0, 0.1) is 0 Å². The Hall–Kier alpha value is -1.56. The van der Waals surface area contributed by atoms with Gasteiger partial charge in [0.1, 0.15) is 5.60 Å². The van der Waals surface area contributed by atoms with Gasteiger partial charge in [0, 0.05) is 24.3 Å². The zero-order chi connectivity index (χ0) is 16.9. The second kappa shape index (κ2) is 7.81. The third-order valence-corrected chi connectivity index (χ3v) is 4.17. The number of amides is 1. The monoisotopic (exact) mass is 322 g/mol. The lowest BCUT2D eigenvalue weighted by molar-refractivity contribution is 0.0488. The van der Waals surface area contributed by atoms with Crippen LogP contribution in [0.4, 0.5) is 4.79 Å². The Balaban J connectivity index is 1.97. The highest BCUT2D eigenvalue weighted by atomic mass is 16.6. The summed E-state index contributed by atoms with van der Waals surface area (Å²) < 4.78 is 5.41. The van der Waals surface area contributed by atoms with Crippen LogP contribution in [-0.2, 0) is 4.74 Å². The second-order valence-corrected chi connectivity index (χ2v) is 7.40. The fourth-order valence-electron chi connectivity index (χ4n) is 3.06. The summed E-state index contributed by atoms with van der Waals surface area (Å²) in [6, 6.07) is 2.48. The van der Waals surface area contributed by atoms with Crippen molar-refractivity contribution in [1.82, 2.24) is 20.8 Å². The number of nitrogens with one attached hydrogen (secondary N) is 3. The Morgan fingerprint density at radius 1 is 1.30 bits per heavy atom. The topological polar surface area (TPSA) is 79.0 Å². The number of ether oxygens (including phenoxy) is 1. The summed E-state index contributed by atoms with van der Waals surface area (Å²) in [6.45, 7) is 7.77. The normalized spacial score (nSPS) is 23.8. The lowest BCUT2D eigenvalue weighted by Crippen LogP contribution is -2.51. The van der Waals surface area contributed by atoms with Gasteiger partial charge in [-0.15, -0.1) is 0 Å². The number of hydrogen-bond acceptors (Lipinski definition) is 4. The van der Waals surface area contributed by atoms with Crippen molar-refractivity contribution < 1.29 is 9.53 Å². The maximum Gasteiger partial charge on any atom is 0.407 e. The standard InChI is InChI=1S/C17H30N4O2/c1-12(13-10-11-18-21-13)19-14-8-6-5-7-9-15(14)20-16(22)23-17(2,3)4/h10-12,14-15,19H,5-9H2,1-4H3,(H,18,21)(H,20,22). The first-order chi connectivity index (χ1) is 10.8. The summed E-state index contributed by atoms with van der Waals surface area (Å²) >= 11 is 0. The molecule has 1 aliphatic carbocycles. The number of H-pyrrole nitrogens is 1. The van der Waals surface area contributed by atoms with E-state index >= 15 is 0 Å². The molecule has 0 radical (unpaired) electrons. The Labute approximate surface area is 138 Å². The molecule has 130 valence electrons. The van der Waals surface area contributed by atoms with Gasteiger partial charge in [0.2, 0.25) is 0 Å². The zero-order valence-electron chi connectivity index (χ0n) is 14.7. The van der Waals surface area contributed by atoms with Crippen LogP contribution in [0.3, 0.4) is 0 Å². The lowest BCUT2D eigenvalue weighted by Gasteiger charge is -2.30. The van der Waals surface area contributed by atoms with E-state index < -0.39 is 5.60 Å². The van der Waals surface area contributed by atoms with Crippen molar-refractivity contribution >= 4 is 6.09 Å². The SMILES string of the molecule is CC(NC1CCCCCC1NC(=O)OC(C)(C)C)c1ccn[nH]1. The Kier molecular flexibility index (Phi) is 6.04. The largest absolute Gasteiger partial charge is 0.444 e. The predicted molar refractivity (Wildman–Crippen MR) is 90.2 cm³/mol. The molecule has 23 heavy (non-hydrogen) atoms. The Morgan fingerprint density at radius 3 is 2.61 bits per heavy atom. The van der Waals surface area contributed by atoms with Crippen LogP contribution in [0.2, 0.25) is 0 Å². The number of carbonyl (C=O) groups is 1. The molecule has 0 saturated heterocycles. The van der Waals surface area contributed by atoms with E-state index in [9.17, 15) is 4.79 Å². The van der Waals surface area contributed by atoms with Crippen molar-refractivity contribution in [3.8, 4) is 0 Å². The lowest BCUT2D eigenvalue weighted by atomic mass is 10.0. The molecule has 1 aliphatic rings. The number of hydrogen-bond donors (Lipinski definition) is 3. The molecule has 0 bridgehead atoms. The average molecular weight is 322 g/mol. The molecule has 3 unspecified atom stereocenters. The van der Waals surface area contributed by atoms with E-state index in [-0.39, 0.29) is 24.2 Å². The molecule has 3 atom stereocenters. The van der Waals surface area contributed by atoms with Crippen molar-refractivity contribution in [2.75, 3.05) is 0 Å².